The lowest BCUT2D eigenvalue weighted by molar-refractivity contribution is -0.126. The second-order valence-corrected chi connectivity index (χ2v) is 5.21. The number of rotatable bonds is 4. The van der Waals surface area contributed by atoms with Gasteiger partial charge in [-0.2, -0.15) is 0 Å². The van der Waals surface area contributed by atoms with Crippen LogP contribution in [0.3, 0.4) is 0 Å². The van der Waals surface area contributed by atoms with E-state index in [-0.39, 0.29) is 12.0 Å². The molecule has 21 heavy (non-hydrogen) atoms. The molecule has 5 heteroatoms. The van der Waals surface area contributed by atoms with Crippen LogP contribution in [0, 0.1) is 0 Å². The van der Waals surface area contributed by atoms with E-state index < -0.39 is 0 Å². The van der Waals surface area contributed by atoms with Crippen LogP contribution in [0.4, 0.5) is 0 Å². The minimum atomic E-state index is -0.0762. The highest BCUT2D eigenvalue weighted by Crippen LogP contribution is 2.16. The van der Waals surface area contributed by atoms with E-state index >= 15 is 0 Å². The highest BCUT2D eigenvalue weighted by atomic mass is 16.5. The Bertz CT molecular complexity index is 623. The number of benzene rings is 1. The maximum atomic E-state index is 12.0. The van der Waals surface area contributed by atoms with Crippen molar-refractivity contribution in [2.24, 2.45) is 0 Å². The molecule has 1 aliphatic heterocycles. The van der Waals surface area contributed by atoms with Crippen molar-refractivity contribution in [1.29, 1.82) is 0 Å². The SMILES string of the molecule is CN(C[C@H]1CCCO1)C(=O)/C=C\c1nc2ccccc2o1. The summed E-state index contributed by atoms with van der Waals surface area (Å²) in [5, 5.41) is 0. The van der Waals surface area contributed by atoms with Crippen molar-refractivity contribution in [1.82, 2.24) is 9.88 Å². The first-order chi connectivity index (χ1) is 10.2. The van der Waals surface area contributed by atoms with E-state index in [1.807, 2.05) is 24.3 Å². The molecular weight excluding hydrogens is 268 g/mol. The van der Waals surface area contributed by atoms with Gasteiger partial charge in [0.15, 0.2) is 5.58 Å². The average Bonchev–Trinajstić information content (AvgIpc) is 3.13. The fourth-order valence-electron chi connectivity index (χ4n) is 2.41. The Kier molecular flexibility index (Phi) is 4.01. The first kappa shape index (κ1) is 13.8. The summed E-state index contributed by atoms with van der Waals surface area (Å²) in [6.45, 7) is 1.42. The summed E-state index contributed by atoms with van der Waals surface area (Å²) in [7, 11) is 1.78. The lowest BCUT2D eigenvalue weighted by Crippen LogP contribution is -2.32. The summed E-state index contributed by atoms with van der Waals surface area (Å²) in [6.07, 6.45) is 5.35. The van der Waals surface area contributed by atoms with Gasteiger partial charge in [-0.05, 0) is 25.0 Å². The van der Waals surface area contributed by atoms with Crippen LogP contribution >= 0.6 is 0 Å². The molecule has 3 rings (SSSR count). The van der Waals surface area contributed by atoms with Crippen LogP contribution in [0.2, 0.25) is 0 Å². The van der Waals surface area contributed by atoms with Crippen molar-refractivity contribution in [3.05, 3.63) is 36.2 Å². The van der Waals surface area contributed by atoms with Gasteiger partial charge in [0.05, 0.1) is 6.10 Å². The number of hydrogen-bond donors (Lipinski definition) is 0. The van der Waals surface area contributed by atoms with Crippen LogP contribution in [0.15, 0.2) is 34.8 Å². The smallest absolute Gasteiger partial charge is 0.246 e. The van der Waals surface area contributed by atoms with Crippen LogP contribution in [-0.4, -0.2) is 42.1 Å². The predicted molar refractivity (Wildman–Crippen MR) is 79.7 cm³/mol. The van der Waals surface area contributed by atoms with Gasteiger partial charge in [0.25, 0.3) is 0 Å². The number of para-hydroxylation sites is 2. The Morgan fingerprint density at radius 3 is 3.10 bits per heavy atom. The minimum absolute atomic E-state index is 0.0762. The third-order valence-electron chi connectivity index (χ3n) is 3.56. The molecular formula is C16H18N2O3. The number of carbonyl (C=O) groups excluding carboxylic acids is 1. The average molecular weight is 286 g/mol. The number of amides is 1. The summed E-state index contributed by atoms with van der Waals surface area (Å²) in [4.78, 5) is 18.0. The lowest BCUT2D eigenvalue weighted by Gasteiger charge is -2.19. The van der Waals surface area contributed by atoms with Gasteiger partial charge in [0, 0.05) is 32.4 Å². The summed E-state index contributed by atoms with van der Waals surface area (Å²) >= 11 is 0. The topological polar surface area (TPSA) is 55.6 Å². The van der Waals surface area contributed by atoms with Gasteiger partial charge in [0.1, 0.15) is 5.52 Å². The van der Waals surface area contributed by atoms with Gasteiger partial charge < -0.3 is 14.1 Å². The number of aromatic nitrogens is 1. The van der Waals surface area contributed by atoms with E-state index in [0.717, 1.165) is 30.5 Å². The molecule has 5 nitrogen and oxygen atoms in total. The molecule has 0 unspecified atom stereocenters. The summed E-state index contributed by atoms with van der Waals surface area (Å²) < 4.78 is 11.1. The number of fused-ring (bicyclic) bond motifs is 1. The molecule has 1 saturated heterocycles. The number of oxazole rings is 1. The van der Waals surface area contributed by atoms with Crippen molar-refractivity contribution >= 4 is 23.1 Å². The highest BCUT2D eigenvalue weighted by Gasteiger charge is 2.19. The molecule has 1 atom stereocenters. The number of likely N-dealkylation sites (N-methyl/N-ethyl adjacent to an activating group) is 1. The Balaban J connectivity index is 1.62. The summed E-state index contributed by atoms with van der Waals surface area (Å²) in [5.41, 5.74) is 1.51. The minimum Gasteiger partial charge on any atom is -0.437 e. The molecule has 1 aromatic heterocycles. The first-order valence-corrected chi connectivity index (χ1v) is 7.13. The molecule has 0 bridgehead atoms. The number of nitrogens with zero attached hydrogens (tertiary/aromatic N) is 2. The zero-order chi connectivity index (χ0) is 14.7. The molecule has 0 N–H and O–H groups in total. The molecule has 1 amide bonds. The van der Waals surface area contributed by atoms with Crippen molar-refractivity contribution in [3.8, 4) is 0 Å². The Hall–Kier alpha value is -2.14. The Morgan fingerprint density at radius 2 is 2.33 bits per heavy atom. The Morgan fingerprint density at radius 1 is 1.48 bits per heavy atom. The van der Waals surface area contributed by atoms with Crippen molar-refractivity contribution < 1.29 is 13.9 Å². The van der Waals surface area contributed by atoms with Gasteiger partial charge in [-0.25, -0.2) is 4.98 Å². The fraction of sp³-hybridized carbons (Fsp3) is 0.375. The van der Waals surface area contributed by atoms with E-state index in [9.17, 15) is 4.79 Å². The second kappa shape index (κ2) is 6.10. The van der Waals surface area contributed by atoms with Gasteiger partial charge in [0.2, 0.25) is 11.8 Å². The molecule has 1 fully saturated rings. The van der Waals surface area contributed by atoms with E-state index in [4.69, 9.17) is 9.15 Å². The van der Waals surface area contributed by atoms with Crippen molar-refractivity contribution in [2.75, 3.05) is 20.2 Å². The van der Waals surface area contributed by atoms with E-state index in [1.54, 1.807) is 18.0 Å². The molecule has 0 spiro atoms. The van der Waals surface area contributed by atoms with Gasteiger partial charge in [-0.15, -0.1) is 0 Å². The molecule has 0 aliphatic carbocycles. The quantitative estimate of drug-likeness (QED) is 0.810. The Labute approximate surface area is 123 Å². The third kappa shape index (κ3) is 3.31. The molecule has 110 valence electrons. The van der Waals surface area contributed by atoms with Crippen LogP contribution < -0.4 is 0 Å². The van der Waals surface area contributed by atoms with Crippen LogP contribution in [0.5, 0.6) is 0 Å². The number of hydrogen-bond acceptors (Lipinski definition) is 4. The van der Waals surface area contributed by atoms with Gasteiger partial charge >= 0.3 is 0 Å². The maximum Gasteiger partial charge on any atom is 0.246 e. The first-order valence-electron chi connectivity index (χ1n) is 7.13. The molecule has 0 saturated carbocycles. The monoisotopic (exact) mass is 286 g/mol. The van der Waals surface area contributed by atoms with E-state index in [2.05, 4.69) is 4.98 Å². The van der Waals surface area contributed by atoms with Crippen LogP contribution in [0.25, 0.3) is 17.2 Å². The van der Waals surface area contributed by atoms with Gasteiger partial charge in [-0.3, -0.25) is 4.79 Å². The zero-order valence-electron chi connectivity index (χ0n) is 12.0. The van der Waals surface area contributed by atoms with Gasteiger partial charge in [-0.1, -0.05) is 12.1 Å². The largest absolute Gasteiger partial charge is 0.437 e. The normalized spacial score (nSPS) is 18.6. The standard InChI is InChI=1S/C16H18N2O3/c1-18(11-12-5-4-10-20-12)16(19)9-8-15-17-13-6-2-3-7-14(13)21-15/h2-3,6-9,12H,4-5,10-11H2,1H3/b9-8-/t12-/m1/s1. The number of ether oxygens (including phenoxy) is 1. The van der Waals surface area contributed by atoms with Crippen LogP contribution in [0.1, 0.15) is 18.7 Å². The molecule has 0 radical (unpaired) electrons. The molecule has 2 heterocycles. The van der Waals surface area contributed by atoms with Crippen molar-refractivity contribution in [2.45, 2.75) is 18.9 Å². The zero-order valence-corrected chi connectivity index (χ0v) is 12.0. The van der Waals surface area contributed by atoms with Crippen LogP contribution in [-0.2, 0) is 9.53 Å². The molecule has 1 aliphatic rings. The lowest BCUT2D eigenvalue weighted by atomic mass is 10.2. The summed E-state index contributed by atoms with van der Waals surface area (Å²) in [6, 6.07) is 7.52. The maximum absolute atomic E-state index is 12.0. The molecule has 1 aromatic carbocycles. The summed E-state index contributed by atoms with van der Waals surface area (Å²) in [5.74, 6) is 0.364. The molecule has 2 aromatic rings. The third-order valence-corrected chi connectivity index (χ3v) is 3.56. The fourth-order valence-corrected chi connectivity index (χ4v) is 2.41. The van der Waals surface area contributed by atoms with E-state index in [1.165, 1.54) is 6.08 Å². The highest BCUT2D eigenvalue weighted by molar-refractivity contribution is 5.91. The number of carbonyl (C=O) groups is 1. The second-order valence-electron chi connectivity index (χ2n) is 5.21. The van der Waals surface area contributed by atoms with E-state index in [0.29, 0.717) is 12.4 Å². The predicted octanol–water partition coefficient (Wildman–Crippen LogP) is 2.48. The van der Waals surface area contributed by atoms with Crippen molar-refractivity contribution in [3.63, 3.8) is 0 Å².